The maximum atomic E-state index is 11.7. The third-order valence-corrected chi connectivity index (χ3v) is 3.18. The number of nitrogens with one attached hydrogen (secondary N) is 1. The highest BCUT2D eigenvalue weighted by atomic mass is 16.6. The number of carbonyl (C=O) groups is 1. The second-order valence-corrected chi connectivity index (χ2v) is 4.93. The molecular weight excluding hydrogens is 262 g/mol. The predicted molar refractivity (Wildman–Crippen MR) is 73.5 cm³/mol. The molecule has 0 aromatic heterocycles. The van der Waals surface area contributed by atoms with Crippen LogP contribution in [0.4, 0.5) is 11.4 Å². The summed E-state index contributed by atoms with van der Waals surface area (Å²) in [5, 5.41) is 22.9. The highest BCUT2D eigenvalue weighted by molar-refractivity contribution is 5.82. The molecule has 1 aromatic rings. The first kappa shape index (κ1) is 14.3. The molecule has 0 heterocycles. The predicted octanol–water partition coefficient (Wildman–Crippen LogP) is 0.802. The van der Waals surface area contributed by atoms with E-state index in [0.29, 0.717) is 17.3 Å². The Bertz CT molecular complexity index is 528. The van der Waals surface area contributed by atoms with Gasteiger partial charge >= 0.3 is 0 Å². The topological polar surface area (TPSA) is 95.7 Å². The fourth-order valence-corrected chi connectivity index (χ4v) is 1.99. The summed E-state index contributed by atoms with van der Waals surface area (Å²) in [5.41, 5.74) is 0.971. The van der Waals surface area contributed by atoms with Crippen LogP contribution in [0.1, 0.15) is 18.4 Å². The molecule has 0 aliphatic heterocycles. The number of rotatable bonds is 6. The van der Waals surface area contributed by atoms with Gasteiger partial charge in [0.1, 0.15) is 0 Å². The summed E-state index contributed by atoms with van der Waals surface area (Å²) >= 11 is 0. The van der Waals surface area contributed by atoms with Crippen molar-refractivity contribution in [3.8, 4) is 0 Å². The van der Waals surface area contributed by atoms with E-state index < -0.39 is 4.92 Å². The van der Waals surface area contributed by atoms with Crippen molar-refractivity contribution >= 4 is 17.3 Å². The summed E-state index contributed by atoms with van der Waals surface area (Å²) in [6, 6.07) is 4.53. The van der Waals surface area contributed by atoms with Crippen LogP contribution in [-0.4, -0.2) is 35.6 Å². The van der Waals surface area contributed by atoms with E-state index >= 15 is 0 Å². The Labute approximate surface area is 116 Å². The first-order valence-electron chi connectivity index (χ1n) is 6.40. The fourth-order valence-electron chi connectivity index (χ4n) is 1.99. The molecular formula is C13H17N3O4. The number of non-ortho nitro benzene ring substituents is 1. The molecule has 2 N–H and O–H groups in total. The van der Waals surface area contributed by atoms with Gasteiger partial charge in [-0.3, -0.25) is 14.9 Å². The Morgan fingerprint density at radius 2 is 2.25 bits per heavy atom. The van der Waals surface area contributed by atoms with Crippen molar-refractivity contribution in [3.05, 3.63) is 33.9 Å². The van der Waals surface area contributed by atoms with Crippen molar-refractivity contribution in [2.45, 2.75) is 25.5 Å². The Balaban J connectivity index is 2.09. The van der Waals surface area contributed by atoms with Crippen molar-refractivity contribution in [1.82, 2.24) is 5.32 Å². The number of anilines is 1. The molecule has 0 radical (unpaired) electrons. The molecule has 7 heteroatoms. The van der Waals surface area contributed by atoms with Gasteiger partial charge in [-0.15, -0.1) is 0 Å². The summed E-state index contributed by atoms with van der Waals surface area (Å²) in [6.07, 6.45) is 2.05. The molecule has 0 bridgehead atoms. The summed E-state index contributed by atoms with van der Waals surface area (Å²) in [4.78, 5) is 23.6. The molecule has 1 saturated carbocycles. The molecule has 1 fully saturated rings. The molecule has 1 aliphatic rings. The number of hydrogen-bond acceptors (Lipinski definition) is 5. The number of aliphatic hydroxyl groups excluding tert-OH is 1. The minimum Gasteiger partial charge on any atom is -0.392 e. The van der Waals surface area contributed by atoms with Gasteiger partial charge in [-0.1, -0.05) is 0 Å². The Morgan fingerprint density at radius 1 is 1.55 bits per heavy atom. The van der Waals surface area contributed by atoms with Gasteiger partial charge in [-0.2, -0.15) is 0 Å². The number of hydrogen-bond donors (Lipinski definition) is 2. The quantitative estimate of drug-likeness (QED) is 0.593. The number of nitro groups is 1. The van der Waals surface area contributed by atoms with Crippen LogP contribution in [0.15, 0.2) is 18.2 Å². The van der Waals surface area contributed by atoms with E-state index in [4.69, 9.17) is 0 Å². The van der Waals surface area contributed by atoms with Crippen LogP contribution in [0, 0.1) is 10.1 Å². The van der Waals surface area contributed by atoms with Gasteiger partial charge in [-0.25, -0.2) is 0 Å². The fraction of sp³-hybridized carbons (Fsp3) is 0.462. The van der Waals surface area contributed by atoms with Crippen molar-refractivity contribution in [3.63, 3.8) is 0 Å². The molecule has 1 aliphatic carbocycles. The van der Waals surface area contributed by atoms with Crippen LogP contribution in [0.5, 0.6) is 0 Å². The minimum atomic E-state index is -0.511. The summed E-state index contributed by atoms with van der Waals surface area (Å²) in [7, 11) is 1.72. The lowest BCUT2D eigenvalue weighted by Crippen LogP contribution is -2.36. The smallest absolute Gasteiger partial charge is 0.269 e. The summed E-state index contributed by atoms with van der Waals surface area (Å²) in [5.74, 6) is -0.0859. The maximum Gasteiger partial charge on any atom is 0.269 e. The lowest BCUT2D eigenvalue weighted by Gasteiger charge is -2.21. The maximum absolute atomic E-state index is 11.7. The molecule has 108 valence electrons. The van der Waals surface area contributed by atoms with Crippen LogP contribution in [0.25, 0.3) is 0 Å². The normalized spacial score (nSPS) is 13.9. The molecule has 1 amide bonds. The van der Waals surface area contributed by atoms with Gasteiger partial charge in [0.05, 0.1) is 18.1 Å². The van der Waals surface area contributed by atoms with Gasteiger partial charge < -0.3 is 15.3 Å². The Morgan fingerprint density at radius 3 is 2.80 bits per heavy atom. The average molecular weight is 279 g/mol. The molecule has 0 saturated heterocycles. The monoisotopic (exact) mass is 279 g/mol. The molecule has 2 rings (SSSR count). The van der Waals surface area contributed by atoms with Crippen molar-refractivity contribution in [2.24, 2.45) is 0 Å². The second-order valence-electron chi connectivity index (χ2n) is 4.93. The Hall–Kier alpha value is -2.15. The molecule has 7 nitrogen and oxygen atoms in total. The van der Waals surface area contributed by atoms with E-state index in [1.54, 1.807) is 18.0 Å². The SMILES string of the molecule is CN(CC(=O)NC1CC1)c1ccc([N+](=O)[O-])cc1CO. The van der Waals surface area contributed by atoms with Gasteiger partial charge in [0.25, 0.3) is 5.69 Å². The first-order valence-corrected chi connectivity index (χ1v) is 6.40. The molecule has 0 atom stereocenters. The van der Waals surface area contributed by atoms with Crippen molar-refractivity contribution in [1.29, 1.82) is 0 Å². The minimum absolute atomic E-state index is 0.0753. The lowest BCUT2D eigenvalue weighted by molar-refractivity contribution is -0.384. The molecule has 0 spiro atoms. The molecule has 1 aromatic carbocycles. The number of benzene rings is 1. The van der Waals surface area contributed by atoms with E-state index in [-0.39, 0.29) is 24.7 Å². The van der Waals surface area contributed by atoms with E-state index in [9.17, 15) is 20.0 Å². The molecule has 20 heavy (non-hydrogen) atoms. The number of nitrogens with zero attached hydrogens (tertiary/aromatic N) is 2. The van der Waals surface area contributed by atoms with E-state index in [1.807, 2.05) is 0 Å². The first-order chi connectivity index (χ1) is 9.51. The van der Waals surface area contributed by atoms with Crippen LogP contribution in [0.3, 0.4) is 0 Å². The number of likely N-dealkylation sites (N-methyl/N-ethyl adjacent to an activating group) is 1. The van der Waals surface area contributed by atoms with E-state index in [2.05, 4.69) is 5.32 Å². The Kier molecular flexibility index (Phi) is 4.19. The van der Waals surface area contributed by atoms with Gasteiger partial charge in [0, 0.05) is 36.5 Å². The number of aliphatic hydroxyl groups is 1. The van der Waals surface area contributed by atoms with E-state index in [0.717, 1.165) is 12.8 Å². The van der Waals surface area contributed by atoms with Gasteiger partial charge in [-0.05, 0) is 18.9 Å². The second kappa shape index (κ2) is 5.87. The molecule has 0 unspecified atom stereocenters. The highest BCUT2D eigenvalue weighted by Gasteiger charge is 2.24. The summed E-state index contributed by atoms with van der Waals surface area (Å²) < 4.78 is 0. The third-order valence-electron chi connectivity index (χ3n) is 3.18. The van der Waals surface area contributed by atoms with E-state index in [1.165, 1.54) is 12.1 Å². The number of nitro benzene ring substituents is 1. The van der Waals surface area contributed by atoms with Crippen LogP contribution < -0.4 is 10.2 Å². The van der Waals surface area contributed by atoms with Crippen LogP contribution >= 0.6 is 0 Å². The number of amides is 1. The van der Waals surface area contributed by atoms with Crippen molar-refractivity contribution < 1.29 is 14.8 Å². The van der Waals surface area contributed by atoms with Gasteiger partial charge in [0.2, 0.25) is 5.91 Å². The standard InChI is InChI=1S/C13H17N3O4/c1-15(7-13(18)14-10-2-3-10)12-5-4-11(16(19)20)6-9(12)8-17/h4-6,10,17H,2-3,7-8H2,1H3,(H,14,18). The summed E-state index contributed by atoms with van der Waals surface area (Å²) in [6.45, 7) is -0.160. The zero-order chi connectivity index (χ0) is 14.7. The number of carbonyl (C=O) groups excluding carboxylic acids is 1. The van der Waals surface area contributed by atoms with Crippen LogP contribution in [0.2, 0.25) is 0 Å². The average Bonchev–Trinajstić information content (AvgIpc) is 3.21. The lowest BCUT2D eigenvalue weighted by atomic mass is 10.1. The zero-order valence-corrected chi connectivity index (χ0v) is 11.2. The van der Waals surface area contributed by atoms with Crippen molar-refractivity contribution in [2.75, 3.05) is 18.5 Å². The highest BCUT2D eigenvalue weighted by Crippen LogP contribution is 2.25. The largest absolute Gasteiger partial charge is 0.392 e. The van der Waals surface area contributed by atoms with Gasteiger partial charge in [0.15, 0.2) is 0 Å². The zero-order valence-electron chi connectivity index (χ0n) is 11.2. The third kappa shape index (κ3) is 3.45. The van der Waals surface area contributed by atoms with Crippen LogP contribution in [-0.2, 0) is 11.4 Å².